The third kappa shape index (κ3) is 6.68. The lowest BCUT2D eigenvalue weighted by Crippen LogP contribution is -2.38. The summed E-state index contributed by atoms with van der Waals surface area (Å²) in [6, 6.07) is 44.7. The Morgan fingerprint density at radius 1 is 0.796 bits per heavy atom. The molecule has 1 aliphatic heterocycles. The average Bonchev–Trinajstić information content (AvgIpc) is 3.86. The second kappa shape index (κ2) is 15.3. The number of carbonyl (C=O) groups excluding carboxylic acids is 2. The van der Waals surface area contributed by atoms with Crippen LogP contribution in [-0.4, -0.2) is 43.2 Å². The molecule has 1 saturated heterocycles. The number of nitrogens with one attached hydrogen (secondary N) is 1. The van der Waals surface area contributed by atoms with Gasteiger partial charge in [0.15, 0.2) is 12.1 Å². The Morgan fingerprint density at radius 3 is 2.11 bits per heavy atom. The van der Waals surface area contributed by atoms with Gasteiger partial charge in [0.25, 0.3) is 0 Å². The average molecular weight is 717 g/mol. The zero-order chi connectivity index (χ0) is 36.9. The van der Waals surface area contributed by atoms with Crippen LogP contribution in [0.4, 0.5) is 10.5 Å². The van der Waals surface area contributed by atoms with Crippen LogP contribution in [0.25, 0.3) is 33.5 Å². The number of carbonyl (C=O) groups is 2. The molecular weight excluding hydrogens is 677 g/mol. The molecule has 1 amide bonds. The molecule has 1 unspecified atom stereocenters. The number of anilines is 1. The minimum atomic E-state index is -0.821. The number of fused-ring (bicyclic) bond motifs is 1. The van der Waals surface area contributed by atoms with Crippen LogP contribution in [0.5, 0.6) is 0 Å². The van der Waals surface area contributed by atoms with Gasteiger partial charge in [-0.05, 0) is 72.7 Å². The van der Waals surface area contributed by atoms with Crippen molar-refractivity contribution in [2.45, 2.75) is 50.8 Å². The molecule has 7 aromatic rings. The van der Waals surface area contributed by atoms with Gasteiger partial charge >= 0.3 is 12.1 Å². The topological polar surface area (TPSA) is 113 Å². The largest absolute Gasteiger partial charge is 0.419 e. The van der Waals surface area contributed by atoms with Gasteiger partial charge in [-0.1, -0.05) is 110 Å². The Morgan fingerprint density at radius 2 is 1.48 bits per heavy atom. The fourth-order valence-electron chi connectivity index (χ4n) is 7.37. The van der Waals surface area contributed by atoms with E-state index >= 15 is 0 Å². The van der Waals surface area contributed by atoms with Gasteiger partial charge in [-0.3, -0.25) is 10.1 Å². The molecule has 1 atom stereocenters. The molecule has 1 aliphatic rings. The maximum atomic E-state index is 12.5. The number of benzene rings is 5. The van der Waals surface area contributed by atoms with Crippen LogP contribution in [-0.2, 0) is 19.8 Å². The minimum absolute atomic E-state index is 0.168. The van der Waals surface area contributed by atoms with Crippen molar-refractivity contribution in [2.75, 3.05) is 11.9 Å². The molecule has 2 aromatic heterocycles. The van der Waals surface area contributed by atoms with Crippen LogP contribution >= 0.6 is 0 Å². The van der Waals surface area contributed by atoms with Gasteiger partial charge in [-0.15, -0.1) is 5.10 Å². The van der Waals surface area contributed by atoms with Crippen LogP contribution in [0.1, 0.15) is 61.9 Å². The highest BCUT2D eigenvalue weighted by molar-refractivity contribution is 5.97. The molecule has 54 heavy (non-hydrogen) atoms. The quantitative estimate of drug-likeness (QED) is 0.0853. The Bertz CT molecular complexity index is 2290. The first-order chi connectivity index (χ1) is 26.5. The first-order valence-corrected chi connectivity index (χ1v) is 18.4. The molecular formula is C44H40N6O4. The Balaban J connectivity index is 1.24. The van der Waals surface area contributed by atoms with Crippen molar-refractivity contribution >= 4 is 28.7 Å². The van der Waals surface area contributed by atoms with E-state index < -0.39 is 17.6 Å². The number of hydrogen-bond donors (Lipinski definition) is 1. The normalized spacial score (nSPS) is 14.5. The lowest BCUT2D eigenvalue weighted by molar-refractivity contribution is -0.136. The number of hydrogen-bond acceptors (Lipinski definition) is 7. The lowest BCUT2D eigenvalue weighted by Gasteiger charge is -2.35. The van der Waals surface area contributed by atoms with Gasteiger partial charge in [-0.25, -0.2) is 19.1 Å². The second-order valence-electron chi connectivity index (χ2n) is 13.4. The van der Waals surface area contributed by atoms with Crippen LogP contribution in [0, 0.1) is 0 Å². The van der Waals surface area contributed by atoms with E-state index in [1.807, 2.05) is 65.1 Å². The van der Waals surface area contributed by atoms with E-state index in [2.05, 4.69) is 90.2 Å². The van der Waals surface area contributed by atoms with Crippen LogP contribution in [0.2, 0.25) is 0 Å². The molecule has 0 radical (unpaired) electrons. The number of nitrogens with zero attached hydrogens (tertiary/aromatic N) is 5. The van der Waals surface area contributed by atoms with E-state index in [1.54, 1.807) is 6.07 Å². The first kappa shape index (κ1) is 34.7. The maximum Gasteiger partial charge on any atom is 0.419 e. The van der Waals surface area contributed by atoms with Gasteiger partial charge in [0.2, 0.25) is 0 Å². The van der Waals surface area contributed by atoms with E-state index in [0.29, 0.717) is 30.2 Å². The van der Waals surface area contributed by atoms with E-state index in [-0.39, 0.29) is 12.6 Å². The minimum Gasteiger partial charge on any atom is -0.376 e. The van der Waals surface area contributed by atoms with Crippen molar-refractivity contribution in [3.63, 3.8) is 0 Å². The Hall–Kier alpha value is -6.39. The van der Waals surface area contributed by atoms with Crippen molar-refractivity contribution < 1.29 is 19.1 Å². The van der Waals surface area contributed by atoms with Crippen LogP contribution < -0.4 is 5.32 Å². The highest BCUT2D eigenvalue weighted by Gasteiger charge is 2.39. The molecule has 1 fully saturated rings. The molecule has 3 heterocycles. The molecule has 1 N–H and O–H groups in total. The summed E-state index contributed by atoms with van der Waals surface area (Å²) in [5.74, 6) is -0.00732. The van der Waals surface area contributed by atoms with Gasteiger partial charge in [0, 0.05) is 35.2 Å². The third-order valence-corrected chi connectivity index (χ3v) is 9.85. The lowest BCUT2D eigenvalue weighted by atomic mass is 9.77. The summed E-state index contributed by atoms with van der Waals surface area (Å²) in [6.45, 7) is 2.52. The Kier molecular flexibility index (Phi) is 9.83. The fraction of sp³-hybridized carbons (Fsp3) is 0.205. The van der Waals surface area contributed by atoms with E-state index in [9.17, 15) is 9.59 Å². The van der Waals surface area contributed by atoms with E-state index in [1.165, 1.54) is 0 Å². The van der Waals surface area contributed by atoms with Crippen molar-refractivity contribution in [1.82, 2.24) is 24.5 Å². The number of ether oxygens (including phenoxy) is 2. The number of amides is 1. The molecule has 0 bridgehead atoms. The summed E-state index contributed by atoms with van der Waals surface area (Å²) in [7, 11) is 0. The SMILES string of the molecule is CCCC(=O)OC(=O)Nc1cccc(-c2nn(C3CCCCO3)c3ccc(-c4ncn(C(c5ccccc5)(c5ccccc5)c5ccccc5)n4)cc23)c1. The number of rotatable bonds is 10. The van der Waals surface area contributed by atoms with Gasteiger partial charge < -0.3 is 9.47 Å². The molecule has 10 heteroatoms. The molecule has 270 valence electrons. The van der Waals surface area contributed by atoms with Crippen LogP contribution in [0.3, 0.4) is 0 Å². The molecule has 0 aliphatic carbocycles. The zero-order valence-corrected chi connectivity index (χ0v) is 30.0. The summed E-state index contributed by atoms with van der Waals surface area (Å²) in [5, 5.41) is 13.9. The Labute approximate surface area is 313 Å². The van der Waals surface area contributed by atoms with Crippen molar-refractivity contribution in [2.24, 2.45) is 0 Å². The molecule has 5 aromatic carbocycles. The zero-order valence-electron chi connectivity index (χ0n) is 30.0. The highest BCUT2D eigenvalue weighted by Crippen LogP contribution is 2.41. The number of aromatic nitrogens is 5. The standard InChI is InChI=1S/C44H40N6O4/c1-2-15-40(51)54-43(52)46-36-23-14-16-31(28-36)41-37-29-32(25-26-38(37)50(47-41)39-24-12-13-27-53-39)42-45-30-49(48-42)44(33-17-6-3-7-18-33,34-19-8-4-9-20-34)35-21-10-5-11-22-35/h3-11,14,16-23,25-26,28-30,39H,2,12-13,15,24,27H2,1H3,(H,46,52). The first-order valence-electron chi connectivity index (χ1n) is 18.4. The highest BCUT2D eigenvalue weighted by atomic mass is 16.6. The number of esters is 1. The molecule has 0 saturated carbocycles. The monoisotopic (exact) mass is 716 g/mol. The van der Waals surface area contributed by atoms with Gasteiger partial charge in [0.05, 0.1) is 5.52 Å². The third-order valence-electron chi connectivity index (χ3n) is 9.85. The van der Waals surface area contributed by atoms with Crippen LogP contribution in [0.15, 0.2) is 140 Å². The smallest absolute Gasteiger partial charge is 0.376 e. The summed E-state index contributed by atoms with van der Waals surface area (Å²) >= 11 is 0. The van der Waals surface area contributed by atoms with E-state index in [4.69, 9.17) is 24.7 Å². The fourth-order valence-corrected chi connectivity index (χ4v) is 7.37. The maximum absolute atomic E-state index is 12.5. The molecule has 8 rings (SSSR count). The summed E-state index contributed by atoms with van der Waals surface area (Å²) < 4.78 is 15.1. The van der Waals surface area contributed by atoms with Crippen molar-refractivity contribution in [1.29, 1.82) is 0 Å². The summed E-state index contributed by atoms with van der Waals surface area (Å²) in [6.07, 6.45) is 4.46. The molecule has 0 spiro atoms. The summed E-state index contributed by atoms with van der Waals surface area (Å²) in [4.78, 5) is 29.4. The van der Waals surface area contributed by atoms with Gasteiger partial charge in [0.1, 0.15) is 17.6 Å². The predicted octanol–water partition coefficient (Wildman–Crippen LogP) is 9.38. The van der Waals surface area contributed by atoms with E-state index in [0.717, 1.165) is 58.0 Å². The van der Waals surface area contributed by atoms with Crippen molar-refractivity contribution in [3.8, 4) is 22.6 Å². The second-order valence-corrected chi connectivity index (χ2v) is 13.4. The summed E-state index contributed by atoms with van der Waals surface area (Å²) in [5.41, 5.74) is 6.06. The van der Waals surface area contributed by atoms with Crippen molar-refractivity contribution in [3.05, 3.63) is 156 Å². The molecule has 10 nitrogen and oxygen atoms in total. The van der Waals surface area contributed by atoms with Gasteiger partial charge in [-0.2, -0.15) is 5.10 Å². The predicted molar refractivity (Wildman–Crippen MR) is 208 cm³/mol.